The number of amides is 1. The maximum atomic E-state index is 13.2. The van der Waals surface area contributed by atoms with Crippen molar-refractivity contribution >= 4 is 17.5 Å². The fourth-order valence-corrected chi connectivity index (χ4v) is 3.89. The van der Waals surface area contributed by atoms with Gasteiger partial charge in [-0.2, -0.15) is 0 Å². The number of hydrogen-bond acceptors (Lipinski definition) is 4. The lowest BCUT2D eigenvalue weighted by atomic mass is 9.89. The number of ether oxygens (including phenoxy) is 2. The van der Waals surface area contributed by atoms with Gasteiger partial charge in [0.05, 0.1) is 18.2 Å². The molecule has 0 N–H and O–H groups in total. The fourth-order valence-electron chi connectivity index (χ4n) is 3.72. The second kappa shape index (κ2) is 9.02. The summed E-state index contributed by atoms with van der Waals surface area (Å²) in [6, 6.07) is 4.62. The lowest BCUT2D eigenvalue weighted by Crippen LogP contribution is -2.49. The summed E-state index contributed by atoms with van der Waals surface area (Å²) in [4.78, 5) is 16.7. The molecular formula is C19H26ClFN2O3. The Bertz CT molecular complexity index is 617. The monoisotopic (exact) mass is 384 g/mol. The predicted molar refractivity (Wildman–Crippen MR) is 98.1 cm³/mol. The number of nitrogens with zero attached hydrogens (tertiary/aromatic N) is 2. The molecule has 1 aromatic rings. The molecular weight excluding hydrogens is 359 g/mol. The Balaban J connectivity index is 1.43. The van der Waals surface area contributed by atoms with Crippen LogP contribution < -0.4 is 4.74 Å². The number of benzene rings is 1. The molecule has 7 heteroatoms. The van der Waals surface area contributed by atoms with Crippen molar-refractivity contribution in [3.05, 3.63) is 29.0 Å². The minimum absolute atomic E-state index is 0.00661. The number of hydrogen-bond donors (Lipinski definition) is 0. The number of rotatable bonds is 5. The van der Waals surface area contributed by atoms with Gasteiger partial charge in [-0.15, -0.1) is 0 Å². The third kappa shape index (κ3) is 4.87. The molecule has 144 valence electrons. The first kappa shape index (κ1) is 19.4. The summed E-state index contributed by atoms with van der Waals surface area (Å²) in [5, 5.41) is -0.00661. The summed E-state index contributed by atoms with van der Waals surface area (Å²) < 4.78 is 24.0. The van der Waals surface area contributed by atoms with Gasteiger partial charge in [0, 0.05) is 38.3 Å². The van der Waals surface area contributed by atoms with E-state index in [0.717, 1.165) is 52.2 Å². The largest absolute Gasteiger partial charge is 0.484 e. The molecule has 0 unspecified atom stereocenters. The first-order chi connectivity index (χ1) is 12.5. The van der Waals surface area contributed by atoms with E-state index >= 15 is 0 Å². The minimum Gasteiger partial charge on any atom is -0.484 e. The van der Waals surface area contributed by atoms with Crippen LogP contribution in [0.25, 0.3) is 0 Å². The molecule has 2 aliphatic rings. The molecule has 3 rings (SSSR count). The highest BCUT2D eigenvalue weighted by Crippen LogP contribution is 2.25. The molecule has 1 amide bonds. The van der Waals surface area contributed by atoms with Gasteiger partial charge >= 0.3 is 0 Å². The predicted octanol–water partition coefficient (Wildman–Crippen LogP) is 2.82. The normalized spacial score (nSPS) is 20.8. The van der Waals surface area contributed by atoms with Crippen LogP contribution in [0.1, 0.15) is 19.8 Å². The molecule has 1 atom stereocenters. The number of carbonyl (C=O) groups excluding carboxylic acids is 1. The molecule has 0 saturated carbocycles. The summed E-state index contributed by atoms with van der Waals surface area (Å²) in [5.74, 6) is 0.472. The Hall–Kier alpha value is -1.37. The summed E-state index contributed by atoms with van der Waals surface area (Å²) in [6.07, 6.45) is 2.01. The van der Waals surface area contributed by atoms with E-state index in [1.807, 2.05) is 4.90 Å². The third-order valence-corrected chi connectivity index (χ3v) is 5.74. The lowest BCUT2D eigenvalue weighted by molar-refractivity contribution is -0.135. The number of likely N-dealkylation sites (tertiary alicyclic amines) is 1. The Morgan fingerprint density at radius 2 is 2.00 bits per heavy atom. The van der Waals surface area contributed by atoms with Crippen molar-refractivity contribution in [2.24, 2.45) is 5.92 Å². The first-order valence-corrected chi connectivity index (χ1v) is 9.60. The summed E-state index contributed by atoms with van der Waals surface area (Å²) in [5.41, 5.74) is 0. The molecule has 0 spiro atoms. The summed E-state index contributed by atoms with van der Waals surface area (Å²) in [7, 11) is 0. The molecule has 2 fully saturated rings. The Kier molecular flexibility index (Phi) is 6.73. The van der Waals surface area contributed by atoms with Gasteiger partial charge in [0.2, 0.25) is 0 Å². The fraction of sp³-hybridized carbons (Fsp3) is 0.632. The summed E-state index contributed by atoms with van der Waals surface area (Å²) >= 11 is 5.73. The molecule has 26 heavy (non-hydrogen) atoms. The standard InChI is InChI=1S/C19H26ClFN2O3/c1-14(22-8-10-25-11-9-22)15-4-6-23(7-5-15)19(24)13-26-16-2-3-18(21)17(20)12-16/h2-3,12,14-15H,4-11,13H2,1H3/t14-/m0/s1. The number of carbonyl (C=O) groups is 1. The average Bonchev–Trinajstić information content (AvgIpc) is 2.69. The SMILES string of the molecule is C[C@@H](C1CCN(C(=O)COc2ccc(F)c(Cl)c2)CC1)N1CCOCC1. The van der Waals surface area contributed by atoms with Gasteiger partial charge in [-0.1, -0.05) is 11.6 Å². The Morgan fingerprint density at radius 1 is 1.31 bits per heavy atom. The Morgan fingerprint density at radius 3 is 2.65 bits per heavy atom. The highest BCUT2D eigenvalue weighted by atomic mass is 35.5. The zero-order valence-corrected chi connectivity index (χ0v) is 15.9. The molecule has 2 saturated heterocycles. The van der Waals surface area contributed by atoms with Crippen molar-refractivity contribution in [2.75, 3.05) is 46.0 Å². The number of halogens is 2. The van der Waals surface area contributed by atoms with Gasteiger partial charge in [0.15, 0.2) is 6.61 Å². The van der Waals surface area contributed by atoms with Gasteiger partial charge in [0.25, 0.3) is 5.91 Å². The smallest absolute Gasteiger partial charge is 0.260 e. The molecule has 1 aromatic carbocycles. The van der Waals surface area contributed by atoms with Gasteiger partial charge in [-0.25, -0.2) is 4.39 Å². The van der Waals surface area contributed by atoms with Crippen LogP contribution in [0.2, 0.25) is 5.02 Å². The van der Waals surface area contributed by atoms with Crippen LogP contribution in [-0.2, 0) is 9.53 Å². The van der Waals surface area contributed by atoms with Crippen LogP contribution in [0.15, 0.2) is 18.2 Å². The van der Waals surface area contributed by atoms with E-state index in [2.05, 4.69) is 11.8 Å². The zero-order chi connectivity index (χ0) is 18.5. The number of morpholine rings is 1. The van der Waals surface area contributed by atoms with E-state index in [1.54, 1.807) is 0 Å². The van der Waals surface area contributed by atoms with E-state index in [-0.39, 0.29) is 17.5 Å². The van der Waals surface area contributed by atoms with Crippen LogP contribution in [0.3, 0.4) is 0 Å². The van der Waals surface area contributed by atoms with Crippen molar-refractivity contribution in [1.82, 2.24) is 9.80 Å². The van der Waals surface area contributed by atoms with E-state index in [0.29, 0.717) is 17.7 Å². The van der Waals surface area contributed by atoms with Crippen LogP contribution in [0.5, 0.6) is 5.75 Å². The third-order valence-electron chi connectivity index (χ3n) is 5.45. The maximum absolute atomic E-state index is 13.2. The van der Waals surface area contributed by atoms with E-state index in [4.69, 9.17) is 21.1 Å². The van der Waals surface area contributed by atoms with Gasteiger partial charge in [-0.3, -0.25) is 9.69 Å². The van der Waals surface area contributed by atoms with Crippen molar-refractivity contribution in [1.29, 1.82) is 0 Å². The molecule has 0 radical (unpaired) electrons. The Labute approximate surface area is 159 Å². The van der Waals surface area contributed by atoms with E-state index < -0.39 is 5.82 Å². The number of piperidine rings is 1. The average molecular weight is 385 g/mol. The minimum atomic E-state index is -0.498. The van der Waals surface area contributed by atoms with Crippen LogP contribution in [0.4, 0.5) is 4.39 Å². The first-order valence-electron chi connectivity index (χ1n) is 9.22. The molecule has 5 nitrogen and oxygen atoms in total. The quantitative estimate of drug-likeness (QED) is 0.782. The molecule has 2 heterocycles. The van der Waals surface area contributed by atoms with Crippen LogP contribution in [0, 0.1) is 11.7 Å². The molecule has 0 bridgehead atoms. The van der Waals surface area contributed by atoms with Gasteiger partial charge < -0.3 is 14.4 Å². The van der Waals surface area contributed by atoms with E-state index in [9.17, 15) is 9.18 Å². The van der Waals surface area contributed by atoms with Crippen molar-refractivity contribution in [3.8, 4) is 5.75 Å². The van der Waals surface area contributed by atoms with Crippen LogP contribution in [-0.4, -0.2) is 67.7 Å². The molecule has 0 aromatic heterocycles. The maximum Gasteiger partial charge on any atom is 0.260 e. The van der Waals surface area contributed by atoms with Crippen molar-refractivity contribution < 1.29 is 18.7 Å². The van der Waals surface area contributed by atoms with Gasteiger partial charge in [-0.05, 0) is 37.8 Å². The second-order valence-corrected chi connectivity index (χ2v) is 7.38. The molecule has 2 aliphatic heterocycles. The zero-order valence-electron chi connectivity index (χ0n) is 15.1. The lowest BCUT2D eigenvalue weighted by Gasteiger charge is -2.41. The van der Waals surface area contributed by atoms with E-state index in [1.165, 1.54) is 18.2 Å². The van der Waals surface area contributed by atoms with Crippen molar-refractivity contribution in [2.45, 2.75) is 25.8 Å². The van der Waals surface area contributed by atoms with Gasteiger partial charge in [0.1, 0.15) is 11.6 Å². The summed E-state index contributed by atoms with van der Waals surface area (Å²) in [6.45, 7) is 7.36. The highest BCUT2D eigenvalue weighted by Gasteiger charge is 2.30. The second-order valence-electron chi connectivity index (χ2n) is 6.97. The van der Waals surface area contributed by atoms with Crippen molar-refractivity contribution in [3.63, 3.8) is 0 Å². The topological polar surface area (TPSA) is 42.0 Å². The van der Waals surface area contributed by atoms with Crippen LogP contribution >= 0.6 is 11.6 Å². The highest BCUT2D eigenvalue weighted by molar-refractivity contribution is 6.30. The molecule has 0 aliphatic carbocycles.